The van der Waals surface area contributed by atoms with Crippen molar-refractivity contribution in [3.8, 4) is 0 Å². The molecule has 3 N–H and O–H groups in total. The van der Waals surface area contributed by atoms with Gasteiger partial charge in [-0.3, -0.25) is 9.69 Å². The number of nitrogens with two attached hydrogens (primary N) is 1. The van der Waals surface area contributed by atoms with Crippen LogP contribution in [0.1, 0.15) is 46.0 Å². The van der Waals surface area contributed by atoms with Crippen LogP contribution in [0.5, 0.6) is 0 Å². The Bertz CT molecular complexity index is 225. The molecule has 1 rings (SSSR count). The van der Waals surface area contributed by atoms with Crippen molar-refractivity contribution in [2.24, 2.45) is 5.73 Å². The maximum atomic E-state index is 11.6. The van der Waals surface area contributed by atoms with E-state index in [2.05, 4.69) is 10.2 Å². The van der Waals surface area contributed by atoms with E-state index in [-0.39, 0.29) is 11.9 Å². The van der Waals surface area contributed by atoms with Crippen molar-refractivity contribution in [1.29, 1.82) is 0 Å². The molecular weight excluding hydrogens is 214 g/mol. The molecule has 17 heavy (non-hydrogen) atoms. The molecule has 0 aliphatic heterocycles. The molecule has 0 aromatic rings. The monoisotopic (exact) mass is 241 g/mol. The predicted molar refractivity (Wildman–Crippen MR) is 70.8 cm³/mol. The molecule has 4 nitrogen and oxygen atoms in total. The van der Waals surface area contributed by atoms with Crippen LogP contribution >= 0.6 is 0 Å². The van der Waals surface area contributed by atoms with Gasteiger partial charge in [-0.15, -0.1) is 0 Å². The highest BCUT2D eigenvalue weighted by atomic mass is 16.1. The average molecular weight is 241 g/mol. The van der Waals surface area contributed by atoms with E-state index >= 15 is 0 Å². The van der Waals surface area contributed by atoms with E-state index in [1.54, 1.807) is 0 Å². The summed E-state index contributed by atoms with van der Waals surface area (Å²) >= 11 is 0. The fourth-order valence-electron chi connectivity index (χ4n) is 2.55. The summed E-state index contributed by atoms with van der Waals surface area (Å²) in [5, 5.41) is 2.93. The number of nitrogens with zero attached hydrogens (tertiary/aromatic N) is 1. The smallest absolute Gasteiger partial charge is 0.221 e. The molecule has 0 saturated heterocycles. The summed E-state index contributed by atoms with van der Waals surface area (Å²) in [6.45, 7) is 6.43. The Hall–Kier alpha value is -0.610. The highest BCUT2D eigenvalue weighted by Crippen LogP contribution is 2.23. The van der Waals surface area contributed by atoms with Gasteiger partial charge in [-0.05, 0) is 26.7 Å². The van der Waals surface area contributed by atoms with Crippen LogP contribution in [0.2, 0.25) is 0 Å². The van der Waals surface area contributed by atoms with Crippen LogP contribution in [0.3, 0.4) is 0 Å². The minimum absolute atomic E-state index is 0.153. The Balaban J connectivity index is 2.30. The van der Waals surface area contributed by atoms with Gasteiger partial charge >= 0.3 is 0 Å². The standard InChI is InChI=1S/C13H27N3O/c1-11(2)15-13(17)7-9-16(10-8-14)12-5-3-4-6-12/h11-12H,3-10,14H2,1-2H3,(H,15,17). The highest BCUT2D eigenvalue weighted by Gasteiger charge is 2.22. The van der Waals surface area contributed by atoms with Gasteiger partial charge in [0, 0.05) is 38.1 Å². The van der Waals surface area contributed by atoms with Crippen LogP contribution in [-0.4, -0.2) is 42.5 Å². The molecule has 1 aliphatic rings. The summed E-state index contributed by atoms with van der Waals surface area (Å²) in [6, 6.07) is 0.891. The van der Waals surface area contributed by atoms with E-state index < -0.39 is 0 Å². The number of hydrogen-bond donors (Lipinski definition) is 2. The molecule has 0 atom stereocenters. The molecule has 4 heteroatoms. The minimum atomic E-state index is 0.153. The Morgan fingerprint density at radius 3 is 2.53 bits per heavy atom. The van der Waals surface area contributed by atoms with Crippen molar-refractivity contribution >= 4 is 5.91 Å². The fraction of sp³-hybridized carbons (Fsp3) is 0.923. The van der Waals surface area contributed by atoms with Gasteiger partial charge in [0.2, 0.25) is 5.91 Å². The third-order valence-electron chi connectivity index (χ3n) is 3.33. The van der Waals surface area contributed by atoms with Crippen molar-refractivity contribution < 1.29 is 4.79 Å². The number of rotatable bonds is 7. The van der Waals surface area contributed by atoms with Crippen LogP contribution in [0.4, 0.5) is 0 Å². The first-order valence-electron chi connectivity index (χ1n) is 6.87. The summed E-state index contributed by atoms with van der Waals surface area (Å²) in [7, 11) is 0. The van der Waals surface area contributed by atoms with Crippen molar-refractivity contribution in [1.82, 2.24) is 10.2 Å². The lowest BCUT2D eigenvalue weighted by atomic mass is 10.2. The normalized spacial score (nSPS) is 17.0. The summed E-state index contributed by atoms with van der Waals surface area (Å²) in [4.78, 5) is 14.0. The number of nitrogens with one attached hydrogen (secondary N) is 1. The van der Waals surface area contributed by atoms with Crippen LogP contribution in [0, 0.1) is 0 Å². The molecule has 0 aromatic heterocycles. The van der Waals surface area contributed by atoms with Gasteiger partial charge in [-0.1, -0.05) is 12.8 Å². The van der Waals surface area contributed by atoms with Crippen LogP contribution in [-0.2, 0) is 4.79 Å². The zero-order valence-corrected chi connectivity index (χ0v) is 11.2. The second-order valence-electron chi connectivity index (χ2n) is 5.24. The molecule has 1 amide bonds. The van der Waals surface area contributed by atoms with Gasteiger partial charge in [0.15, 0.2) is 0 Å². The third-order valence-corrected chi connectivity index (χ3v) is 3.33. The molecule has 0 radical (unpaired) electrons. The van der Waals surface area contributed by atoms with E-state index in [1.165, 1.54) is 25.7 Å². The van der Waals surface area contributed by atoms with E-state index in [0.29, 0.717) is 19.0 Å². The third kappa shape index (κ3) is 5.50. The van der Waals surface area contributed by atoms with Gasteiger partial charge in [-0.25, -0.2) is 0 Å². The average Bonchev–Trinajstić information content (AvgIpc) is 2.76. The van der Waals surface area contributed by atoms with E-state index in [4.69, 9.17) is 5.73 Å². The Morgan fingerprint density at radius 1 is 1.35 bits per heavy atom. The Morgan fingerprint density at radius 2 is 2.00 bits per heavy atom. The predicted octanol–water partition coefficient (Wildman–Crippen LogP) is 1.10. The van der Waals surface area contributed by atoms with Crippen LogP contribution in [0.15, 0.2) is 0 Å². The second-order valence-corrected chi connectivity index (χ2v) is 5.24. The first-order valence-corrected chi connectivity index (χ1v) is 6.87. The second kappa shape index (κ2) is 7.67. The summed E-state index contributed by atoms with van der Waals surface area (Å²) in [6.07, 6.45) is 5.78. The van der Waals surface area contributed by atoms with Gasteiger partial charge < -0.3 is 11.1 Å². The lowest BCUT2D eigenvalue weighted by Crippen LogP contribution is -2.40. The van der Waals surface area contributed by atoms with Crippen molar-refractivity contribution in [3.05, 3.63) is 0 Å². The lowest BCUT2D eigenvalue weighted by Gasteiger charge is -2.28. The molecule has 0 aromatic carbocycles. The number of hydrogen-bond acceptors (Lipinski definition) is 3. The summed E-state index contributed by atoms with van der Waals surface area (Å²) in [5.74, 6) is 0.153. The molecule has 0 bridgehead atoms. The van der Waals surface area contributed by atoms with E-state index in [1.807, 2.05) is 13.8 Å². The van der Waals surface area contributed by atoms with Gasteiger partial charge in [0.25, 0.3) is 0 Å². The molecule has 0 unspecified atom stereocenters. The molecule has 0 spiro atoms. The maximum Gasteiger partial charge on any atom is 0.221 e. The topological polar surface area (TPSA) is 58.4 Å². The van der Waals surface area contributed by atoms with Crippen molar-refractivity contribution in [3.63, 3.8) is 0 Å². The molecular formula is C13H27N3O. The van der Waals surface area contributed by atoms with Crippen LogP contribution in [0.25, 0.3) is 0 Å². The van der Waals surface area contributed by atoms with Gasteiger partial charge in [0.1, 0.15) is 0 Å². The number of carbonyl (C=O) groups is 1. The Labute approximate surface area is 105 Å². The largest absolute Gasteiger partial charge is 0.354 e. The van der Waals surface area contributed by atoms with Gasteiger partial charge in [-0.2, -0.15) is 0 Å². The number of carbonyl (C=O) groups excluding carboxylic acids is 1. The molecule has 1 saturated carbocycles. The molecule has 1 aliphatic carbocycles. The van der Waals surface area contributed by atoms with E-state index in [9.17, 15) is 4.79 Å². The molecule has 0 heterocycles. The van der Waals surface area contributed by atoms with E-state index in [0.717, 1.165) is 13.1 Å². The fourth-order valence-corrected chi connectivity index (χ4v) is 2.55. The molecule has 1 fully saturated rings. The Kier molecular flexibility index (Phi) is 6.52. The SMILES string of the molecule is CC(C)NC(=O)CCN(CCN)C1CCCC1. The summed E-state index contributed by atoms with van der Waals surface area (Å²) < 4.78 is 0. The first-order chi connectivity index (χ1) is 8.13. The van der Waals surface area contributed by atoms with Gasteiger partial charge in [0.05, 0.1) is 0 Å². The lowest BCUT2D eigenvalue weighted by molar-refractivity contribution is -0.122. The highest BCUT2D eigenvalue weighted by molar-refractivity contribution is 5.76. The maximum absolute atomic E-state index is 11.6. The van der Waals surface area contributed by atoms with Crippen molar-refractivity contribution in [2.75, 3.05) is 19.6 Å². The molecule has 100 valence electrons. The number of amides is 1. The minimum Gasteiger partial charge on any atom is -0.354 e. The zero-order valence-electron chi connectivity index (χ0n) is 11.2. The van der Waals surface area contributed by atoms with Crippen LogP contribution < -0.4 is 11.1 Å². The first kappa shape index (κ1) is 14.5. The van der Waals surface area contributed by atoms with Crippen molar-refractivity contribution in [2.45, 2.75) is 58.0 Å². The quantitative estimate of drug-likeness (QED) is 0.702. The zero-order chi connectivity index (χ0) is 12.7. The summed E-state index contributed by atoms with van der Waals surface area (Å²) in [5.41, 5.74) is 5.64.